The maximum atomic E-state index is 13.2. The minimum absolute atomic E-state index is 0.0332. The number of barbiturate groups is 1. The van der Waals surface area contributed by atoms with Gasteiger partial charge in [-0.3, -0.25) is 14.9 Å². The molecule has 0 radical (unpaired) electrons. The molecule has 3 aromatic carbocycles. The van der Waals surface area contributed by atoms with Crippen molar-refractivity contribution in [2.75, 3.05) is 11.5 Å². The Kier molecular flexibility index (Phi) is 7.33. The number of carbonyl (C=O) groups excluding carboxylic acids is 3. The van der Waals surface area contributed by atoms with Crippen LogP contribution >= 0.6 is 11.6 Å². The number of nitrogens with one attached hydrogen (secondary N) is 1. The van der Waals surface area contributed by atoms with Gasteiger partial charge < -0.3 is 8.92 Å². The zero-order chi connectivity index (χ0) is 26.7. The van der Waals surface area contributed by atoms with Gasteiger partial charge in [-0.1, -0.05) is 41.9 Å². The minimum Gasteiger partial charge on any atom is -0.490 e. The topological polar surface area (TPSA) is 119 Å². The Labute approximate surface area is 218 Å². The summed E-state index contributed by atoms with van der Waals surface area (Å²) in [7, 11) is -4.13. The standard InChI is InChI=1S/C26H21ClN2O7S/c1-3-35-23-15-17(12-13-22(23)36-37(33,34)18-8-5-4-6-9-18)14-19-24(30)28-26(32)29(25(19)31)21-11-7-10-20(27)16(21)2/h4-15H,3H2,1-2H3,(H,28,30,32)/b19-14+. The van der Waals surface area contributed by atoms with Crippen LogP contribution in [0.25, 0.3) is 6.08 Å². The number of benzene rings is 3. The van der Waals surface area contributed by atoms with Gasteiger partial charge in [0, 0.05) is 5.02 Å². The van der Waals surface area contributed by atoms with Crippen LogP contribution in [-0.2, 0) is 19.7 Å². The third-order valence-corrected chi connectivity index (χ3v) is 7.05. The van der Waals surface area contributed by atoms with Crippen molar-refractivity contribution in [2.24, 2.45) is 0 Å². The Bertz CT molecular complexity index is 1540. The van der Waals surface area contributed by atoms with E-state index in [0.29, 0.717) is 16.1 Å². The molecule has 0 spiro atoms. The molecule has 0 aliphatic carbocycles. The first-order valence-electron chi connectivity index (χ1n) is 11.1. The summed E-state index contributed by atoms with van der Waals surface area (Å²) in [5, 5.41) is 2.51. The molecule has 11 heteroatoms. The van der Waals surface area contributed by atoms with Crippen LogP contribution in [0.4, 0.5) is 10.5 Å². The number of carbonyl (C=O) groups is 3. The Morgan fingerprint density at radius 3 is 2.41 bits per heavy atom. The number of hydrogen-bond acceptors (Lipinski definition) is 7. The Balaban J connectivity index is 1.70. The molecule has 0 bridgehead atoms. The molecule has 1 aliphatic heterocycles. The molecule has 0 unspecified atom stereocenters. The molecule has 1 saturated heterocycles. The quantitative estimate of drug-likeness (QED) is 0.266. The van der Waals surface area contributed by atoms with Crippen LogP contribution < -0.4 is 19.1 Å². The Morgan fingerprint density at radius 1 is 0.973 bits per heavy atom. The predicted molar refractivity (Wildman–Crippen MR) is 137 cm³/mol. The van der Waals surface area contributed by atoms with Gasteiger partial charge in [0.15, 0.2) is 11.5 Å². The van der Waals surface area contributed by atoms with Crippen molar-refractivity contribution in [3.8, 4) is 11.5 Å². The summed E-state index contributed by atoms with van der Waals surface area (Å²) in [6, 6.07) is 15.7. The van der Waals surface area contributed by atoms with E-state index in [4.69, 9.17) is 20.5 Å². The highest BCUT2D eigenvalue weighted by molar-refractivity contribution is 7.87. The Morgan fingerprint density at radius 2 is 1.70 bits per heavy atom. The largest absolute Gasteiger partial charge is 0.490 e. The van der Waals surface area contributed by atoms with Crippen LogP contribution in [0.1, 0.15) is 18.1 Å². The van der Waals surface area contributed by atoms with E-state index in [9.17, 15) is 22.8 Å². The van der Waals surface area contributed by atoms with Gasteiger partial charge in [0.05, 0.1) is 12.3 Å². The summed E-state index contributed by atoms with van der Waals surface area (Å²) in [4.78, 5) is 39.1. The minimum atomic E-state index is -4.13. The Hall–Kier alpha value is -4.15. The molecule has 3 aromatic rings. The second kappa shape index (κ2) is 10.5. The number of ether oxygens (including phenoxy) is 1. The third-order valence-electron chi connectivity index (χ3n) is 5.39. The van der Waals surface area contributed by atoms with Crippen molar-refractivity contribution in [2.45, 2.75) is 18.7 Å². The van der Waals surface area contributed by atoms with E-state index >= 15 is 0 Å². The molecule has 4 rings (SSSR count). The number of hydrogen-bond donors (Lipinski definition) is 1. The molecule has 1 heterocycles. The van der Waals surface area contributed by atoms with Crippen molar-refractivity contribution < 1.29 is 31.7 Å². The first kappa shape index (κ1) is 25.9. The average molecular weight is 541 g/mol. The zero-order valence-electron chi connectivity index (χ0n) is 19.7. The van der Waals surface area contributed by atoms with Gasteiger partial charge in [-0.15, -0.1) is 0 Å². The lowest BCUT2D eigenvalue weighted by molar-refractivity contribution is -0.122. The zero-order valence-corrected chi connectivity index (χ0v) is 21.3. The van der Waals surface area contributed by atoms with Crippen molar-refractivity contribution in [1.29, 1.82) is 0 Å². The number of rotatable bonds is 7. The highest BCUT2D eigenvalue weighted by Crippen LogP contribution is 2.33. The van der Waals surface area contributed by atoms with Gasteiger partial charge in [0.2, 0.25) is 0 Å². The number of amides is 4. The lowest BCUT2D eigenvalue weighted by atomic mass is 10.1. The predicted octanol–water partition coefficient (Wildman–Crippen LogP) is 4.48. The lowest BCUT2D eigenvalue weighted by Crippen LogP contribution is -2.54. The van der Waals surface area contributed by atoms with Crippen LogP contribution in [0, 0.1) is 6.92 Å². The van der Waals surface area contributed by atoms with Crippen LogP contribution in [0.5, 0.6) is 11.5 Å². The summed E-state index contributed by atoms with van der Waals surface area (Å²) in [6.45, 7) is 3.54. The van der Waals surface area contributed by atoms with Gasteiger partial charge in [0.25, 0.3) is 11.8 Å². The summed E-state index contributed by atoms with van der Waals surface area (Å²) in [5.74, 6) is -1.71. The van der Waals surface area contributed by atoms with E-state index in [0.717, 1.165) is 4.90 Å². The average Bonchev–Trinajstić information content (AvgIpc) is 2.86. The molecule has 1 fully saturated rings. The molecule has 4 amide bonds. The molecule has 190 valence electrons. The molecule has 9 nitrogen and oxygen atoms in total. The highest BCUT2D eigenvalue weighted by atomic mass is 35.5. The van der Waals surface area contributed by atoms with E-state index in [1.807, 2.05) is 0 Å². The smallest absolute Gasteiger partial charge is 0.339 e. The fraction of sp³-hybridized carbons (Fsp3) is 0.115. The lowest BCUT2D eigenvalue weighted by Gasteiger charge is -2.27. The van der Waals surface area contributed by atoms with Crippen molar-refractivity contribution in [3.05, 3.63) is 88.5 Å². The second-order valence-electron chi connectivity index (χ2n) is 7.83. The van der Waals surface area contributed by atoms with Gasteiger partial charge in [0.1, 0.15) is 10.5 Å². The van der Waals surface area contributed by atoms with Crippen molar-refractivity contribution >= 4 is 51.3 Å². The van der Waals surface area contributed by atoms with Gasteiger partial charge >= 0.3 is 16.1 Å². The summed E-state index contributed by atoms with van der Waals surface area (Å²) < 4.78 is 36.2. The summed E-state index contributed by atoms with van der Waals surface area (Å²) in [6.07, 6.45) is 1.27. The second-order valence-corrected chi connectivity index (χ2v) is 9.79. The molecule has 0 saturated carbocycles. The first-order valence-corrected chi connectivity index (χ1v) is 12.8. The van der Waals surface area contributed by atoms with E-state index in [1.54, 1.807) is 50.2 Å². The molecule has 1 aliphatic rings. The van der Waals surface area contributed by atoms with E-state index in [1.165, 1.54) is 36.4 Å². The summed E-state index contributed by atoms with van der Waals surface area (Å²) in [5.41, 5.74) is 0.745. The van der Waals surface area contributed by atoms with Gasteiger partial charge in [-0.05, 0) is 67.4 Å². The fourth-order valence-corrected chi connectivity index (χ4v) is 4.72. The maximum Gasteiger partial charge on any atom is 0.339 e. The van der Waals surface area contributed by atoms with Gasteiger partial charge in [-0.25, -0.2) is 9.69 Å². The van der Waals surface area contributed by atoms with E-state index < -0.39 is 28.0 Å². The molecular weight excluding hydrogens is 520 g/mol. The molecular formula is C26H21ClN2O7S. The van der Waals surface area contributed by atoms with E-state index in [-0.39, 0.29) is 34.3 Å². The number of halogens is 1. The molecule has 37 heavy (non-hydrogen) atoms. The normalized spacial score (nSPS) is 15.1. The number of urea groups is 1. The van der Waals surface area contributed by atoms with Crippen LogP contribution in [0.3, 0.4) is 0 Å². The highest BCUT2D eigenvalue weighted by Gasteiger charge is 2.37. The third kappa shape index (κ3) is 5.35. The van der Waals surface area contributed by atoms with Crippen molar-refractivity contribution in [3.63, 3.8) is 0 Å². The van der Waals surface area contributed by atoms with Crippen LogP contribution in [0.2, 0.25) is 5.02 Å². The molecule has 1 N–H and O–H groups in total. The van der Waals surface area contributed by atoms with E-state index in [2.05, 4.69) is 5.32 Å². The number of imide groups is 2. The SMILES string of the molecule is CCOc1cc(/C=C2\C(=O)NC(=O)N(c3cccc(Cl)c3C)C2=O)ccc1OS(=O)(=O)c1ccccc1. The number of anilines is 1. The monoisotopic (exact) mass is 540 g/mol. The first-order chi connectivity index (χ1) is 17.6. The van der Waals surface area contributed by atoms with Crippen molar-refractivity contribution in [1.82, 2.24) is 5.32 Å². The summed E-state index contributed by atoms with van der Waals surface area (Å²) >= 11 is 6.15. The van der Waals surface area contributed by atoms with Gasteiger partial charge in [-0.2, -0.15) is 8.42 Å². The van der Waals surface area contributed by atoms with Crippen LogP contribution in [-0.4, -0.2) is 32.9 Å². The molecule has 0 aromatic heterocycles. The van der Waals surface area contributed by atoms with Crippen LogP contribution in [0.15, 0.2) is 77.2 Å². The molecule has 0 atom stereocenters. The fourth-order valence-electron chi connectivity index (χ4n) is 3.59. The number of nitrogens with zero attached hydrogens (tertiary/aromatic N) is 1. The maximum absolute atomic E-state index is 13.2.